The summed E-state index contributed by atoms with van der Waals surface area (Å²) >= 11 is 0. The zero-order valence-electron chi connectivity index (χ0n) is 20.7. The third-order valence-electron chi connectivity index (χ3n) is 10.3. The first kappa shape index (κ1) is 21.8. The van der Waals surface area contributed by atoms with E-state index in [-0.39, 0.29) is 29.0 Å². The quantitative estimate of drug-likeness (QED) is 0.596. The maximum absolute atomic E-state index is 12.8. The molecule has 3 saturated carbocycles. The van der Waals surface area contributed by atoms with E-state index in [1.807, 2.05) is 24.3 Å². The number of hydrogen-bond acceptors (Lipinski definition) is 6. The Hall–Kier alpha value is -2.41. The zero-order chi connectivity index (χ0) is 24.0. The Kier molecular flexibility index (Phi) is 4.56. The van der Waals surface area contributed by atoms with Gasteiger partial charge < -0.3 is 28.6 Å². The summed E-state index contributed by atoms with van der Waals surface area (Å²) < 4.78 is 26.0. The molecule has 8 rings (SSSR count). The molecule has 0 radical (unpaired) electrons. The molecule has 6 aliphatic rings. The van der Waals surface area contributed by atoms with Crippen molar-refractivity contribution in [3.63, 3.8) is 0 Å². The molecule has 7 atom stereocenters. The van der Waals surface area contributed by atoms with Crippen LogP contribution in [-0.4, -0.2) is 62.8 Å². The number of likely N-dealkylation sites (tertiary alicyclic amines) is 1. The molecule has 2 aliphatic heterocycles. The number of hydrogen-bond donors (Lipinski definition) is 0. The molecule has 0 amide bonds. The monoisotopic (exact) mass is 475 g/mol. The Morgan fingerprint density at radius 1 is 1.14 bits per heavy atom. The largest absolute Gasteiger partial charge is 0.493 e. The highest BCUT2D eigenvalue weighted by molar-refractivity contribution is 5.67. The Labute approximate surface area is 206 Å². The number of methoxy groups -OCH3 is 2. The van der Waals surface area contributed by atoms with E-state index in [0.717, 1.165) is 55.6 Å². The number of ether oxygens (including phenoxy) is 4. The van der Waals surface area contributed by atoms with Gasteiger partial charge in [0.1, 0.15) is 18.0 Å². The van der Waals surface area contributed by atoms with E-state index in [1.165, 1.54) is 11.1 Å². The number of carbonyl (C=O) groups is 1. The predicted octanol–water partition coefficient (Wildman–Crippen LogP) is 3.53. The van der Waals surface area contributed by atoms with Gasteiger partial charge in [0.2, 0.25) is 0 Å². The van der Waals surface area contributed by atoms with Crippen LogP contribution in [0.3, 0.4) is 0 Å². The fourth-order valence-electron chi connectivity index (χ4n) is 9.04. The Morgan fingerprint density at radius 2 is 1.97 bits per heavy atom. The van der Waals surface area contributed by atoms with Crippen molar-refractivity contribution in [2.24, 2.45) is 11.3 Å². The zero-order valence-corrected chi connectivity index (χ0v) is 20.7. The second-order valence-electron chi connectivity index (χ2n) is 11.2. The van der Waals surface area contributed by atoms with Gasteiger partial charge in [0, 0.05) is 29.5 Å². The molecule has 184 valence electrons. The van der Waals surface area contributed by atoms with E-state index >= 15 is 0 Å². The molecule has 35 heavy (non-hydrogen) atoms. The van der Waals surface area contributed by atoms with Crippen molar-refractivity contribution in [1.29, 1.82) is 0 Å². The Morgan fingerprint density at radius 3 is 2.71 bits per heavy atom. The minimum absolute atomic E-state index is 0.123. The first-order valence-electron chi connectivity index (χ1n) is 12.8. The van der Waals surface area contributed by atoms with Gasteiger partial charge in [-0.2, -0.15) is 0 Å². The molecule has 0 aromatic heterocycles. The molecule has 2 heterocycles. The first-order valence-corrected chi connectivity index (χ1v) is 12.8. The van der Waals surface area contributed by atoms with E-state index in [0.29, 0.717) is 12.6 Å². The molecule has 2 spiro atoms. The van der Waals surface area contributed by atoms with Gasteiger partial charge in [0.25, 0.3) is 0 Å². The summed E-state index contributed by atoms with van der Waals surface area (Å²) in [5.74, 6) is 1.34. The molecule has 4 aliphatic carbocycles. The van der Waals surface area contributed by atoms with E-state index < -0.39 is 5.60 Å². The van der Waals surface area contributed by atoms with Crippen LogP contribution in [0, 0.1) is 11.3 Å². The smallest absolute Gasteiger partial charge is 0.165 e. The van der Waals surface area contributed by atoms with Crippen molar-refractivity contribution in [1.82, 2.24) is 4.90 Å². The van der Waals surface area contributed by atoms with Crippen molar-refractivity contribution >= 4 is 6.29 Å². The topological polar surface area (TPSA) is 57.2 Å². The Bertz CT molecular complexity index is 1190. The van der Waals surface area contributed by atoms with Crippen LogP contribution in [0.25, 0.3) is 0 Å². The predicted molar refractivity (Wildman–Crippen MR) is 130 cm³/mol. The first-order chi connectivity index (χ1) is 17.1. The molecule has 6 heteroatoms. The number of benzene rings is 2. The highest BCUT2D eigenvalue weighted by atomic mass is 16.6. The van der Waals surface area contributed by atoms with Crippen LogP contribution in [0.15, 0.2) is 42.5 Å². The van der Waals surface area contributed by atoms with Crippen molar-refractivity contribution in [3.8, 4) is 11.5 Å². The lowest BCUT2D eigenvalue weighted by molar-refractivity contribution is -0.316. The fraction of sp³-hybridized carbons (Fsp3) is 0.552. The number of aldehydes is 1. The average molecular weight is 476 g/mol. The lowest BCUT2D eigenvalue weighted by Crippen LogP contribution is -2.84. The summed E-state index contributed by atoms with van der Waals surface area (Å²) in [6, 6.07) is 14.8. The van der Waals surface area contributed by atoms with Crippen molar-refractivity contribution in [2.75, 3.05) is 27.8 Å². The standard InChI is InChI=1S/C29H33NO5/c1-30-12-11-28-24-19-9-10-21(32-2)25(24)35-26(28)29(33-3)20(16-31)14-27(28,22(30)13-19)15-23(29)34-17-18-7-5-4-6-8-18/h4-10,16,20,22-23,26H,11-15,17H2,1-3H3/t20-,22-,23-,26-,27+,28+,29+/m1/s1. The molecule has 4 bridgehead atoms. The molecule has 0 N–H and O–H groups in total. The SMILES string of the molecule is COc1ccc2c3c1O[C@H]1[C@]4(OC)[C@@H](C=O)C[C@]5(C[C@H]4OCc4ccccc4)[C@@H](C2)N(C)CC[C@]315. The minimum Gasteiger partial charge on any atom is -0.493 e. The van der Waals surface area contributed by atoms with E-state index in [2.05, 4.69) is 30.1 Å². The van der Waals surface area contributed by atoms with Crippen molar-refractivity contribution in [3.05, 3.63) is 59.2 Å². The van der Waals surface area contributed by atoms with Crippen LogP contribution in [0.5, 0.6) is 11.5 Å². The lowest BCUT2D eigenvalue weighted by atomic mass is 9.34. The van der Waals surface area contributed by atoms with Crippen LogP contribution in [0.1, 0.15) is 36.0 Å². The summed E-state index contributed by atoms with van der Waals surface area (Å²) in [6.07, 6.45) is 4.19. The van der Waals surface area contributed by atoms with Crippen LogP contribution < -0.4 is 9.47 Å². The normalized spacial score (nSPS) is 40.2. The molecule has 2 aromatic carbocycles. The highest BCUT2D eigenvalue weighted by Gasteiger charge is 2.83. The molecular formula is C29H33NO5. The van der Waals surface area contributed by atoms with Gasteiger partial charge in [-0.1, -0.05) is 36.4 Å². The number of carbonyl (C=O) groups excluding carboxylic acids is 1. The van der Waals surface area contributed by atoms with Gasteiger partial charge in [-0.3, -0.25) is 0 Å². The Balaban J connectivity index is 1.43. The van der Waals surface area contributed by atoms with E-state index in [9.17, 15) is 4.79 Å². The van der Waals surface area contributed by atoms with E-state index in [4.69, 9.17) is 18.9 Å². The van der Waals surface area contributed by atoms with Gasteiger partial charge in [-0.25, -0.2) is 0 Å². The maximum Gasteiger partial charge on any atom is 0.165 e. The van der Waals surface area contributed by atoms with Crippen LogP contribution in [0.4, 0.5) is 0 Å². The third kappa shape index (κ3) is 2.39. The van der Waals surface area contributed by atoms with E-state index in [1.54, 1.807) is 14.2 Å². The molecule has 1 saturated heterocycles. The fourth-order valence-corrected chi connectivity index (χ4v) is 9.04. The number of fused-ring (bicyclic) bond motifs is 2. The summed E-state index contributed by atoms with van der Waals surface area (Å²) in [5, 5.41) is 0. The second kappa shape index (κ2) is 7.31. The van der Waals surface area contributed by atoms with Gasteiger partial charge in [0.05, 0.1) is 25.7 Å². The van der Waals surface area contributed by atoms with Crippen LogP contribution in [0.2, 0.25) is 0 Å². The highest BCUT2D eigenvalue weighted by Crippen LogP contribution is 2.76. The van der Waals surface area contributed by atoms with Gasteiger partial charge in [-0.15, -0.1) is 0 Å². The summed E-state index contributed by atoms with van der Waals surface area (Å²) in [6.45, 7) is 1.49. The van der Waals surface area contributed by atoms with Gasteiger partial charge in [-0.05, 0) is 56.5 Å². The number of rotatable bonds is 6. The number of piperidine rings is 1. The van der Waals surface area contributed by atoms with Crippen molar-refractivity contribution < 1.29 is 23.7 Å². The summed E-state index contributed by atoms with van der Waals surface area (Å²) in [4.78, 5) is 15.3. The van der Waals surface area contributed by atoms with Gasteiger partial charge in [0.15, 0.2) is 11.5 Å². The minimum atomic E-state index is -0.850. The molecular weight excluding hydrogens is 442 g/mol. The second-order valence-corrected chi connectivity index (χ2v) is 11.2. The summed E-state index contributed by atoms with van der Waals surface area (Å²) in [5.41, 5.74) is 2.62. The third-order valence-corrected chi connectivity index (χ3v) is 10.3. The lowest BCUT2D eigenvalue weighted by Gasteiger charge is -2.74. The van der Waals surface area contributed by atoms with Crippen molar-refractivity contribution in [2.45, 2.75) is 61.6 Å². The average Bonchev–Trinajstić information content (AvgIpc) is 3.26. The number of nitrogens with zero attached hydrogens (tertiary/aromatic N) is 1. The molecule has 2 aromatic rings. The molecule has 6 nitrogen and oxygen atoms in total. The van der Waals surface area contributed by atoms with Crippen LogP contribution >= 0.6 is 0 Å². The summed E-state index contributed by atoms with van der Waals surface area (Å²) in [7, 11) is 5.69. The number of likely N-dealkylation sites (N-methyl/N-ethyl adjacent to an activating group) is 1. The molecule has 4 fully saturated rings. The van der Waals surface area contributed by atoms with Crippen LogP contribution in [-0.2, 0) is 32.7 Å². The molecule has 0 unspecified atom stereocenters. The van der Waals surface area contributed by atoms with Gasteiger partial charge >= 0.3 is 0 Å². The maximum atomic E-state index is 12.8.